The summed E-state index contributed by atoms with van der Waals surface area (Å²) in [7, 11) is 0. The molecule has 132 valence electrons. The van der Waals surface area contributed by atoms with Crippen LogP contribution in [0, 0.1) is 6.92 Å². The first-order valence-electron chi connectivity index (χ1n) is 9.03. The molecule has 4 rings (SSSR count). The minimum absolute atomic E-state index is 0.471. The molecule has 0 aliphatic heterocycles. The molecule has 0 N–H and O–H groups in total. The summed E-state index contributed by atoms with van der Waals surface area (Å²) in [6.07, 6.45) is 3.09. The number of benzene rings is 2. The first kappa shape index (κ1) is 17.1. The fraction of sp³-hybridized carbons (Fsp3) is 0.273. The Hall–Kier alpha value is -2.33. The van der Waals surface area contributed by atoms with E-state index in [1.54, 1.807) is 11.8 Å². The predicted octanol–water partition coefficient (Wildman–Crippen LogP) is 5.34. The number of rotatable bonds is 7. The molecule has 3 aromatic rings. The molecular formula is C22H23N3S. The molecule has 0 amide bonds. The molecule has 1 aromatic heterocycles. The molecule has 4 heteroatoms. The fourth-order valence-corrected chi connectivity index (χ4v) is 4.27. The molecule has 1 fully saturated rings. The van der Waals surface area contributed by atoms with Crippen molar-refractivity contribution in [2.24, 2.45) is 0 Å². The number of aromatic nitrogens is 3. The van der Waals surface area contributed by atoms with Gasteiger partial charge in [0.2, 0.25) is 0 Å². The van der Waals surface area contributed by atoms with Gasteiger partial charge >= 0.3 is 0 Å². The average molecular weight is 362 g/mol. The van der Waals surface area contributed by atoms with Crippen molar-refractivity contribution in [2.75, 3.05) is 0 Å². The lowest BCUT2D eigenvalue weighted by Crippen LogP contribution is -2.03. The third kappa shape index (κ3) is 3.61. The molecular weight excluding hydrogens is 338 g/mol. The number of thioether (sulfide) groups is 1. The van der Waals surface area contributed by atoms with Crippen molar-refractivity contribution in [3.63, 3.8) is 0 Å². The molecule has 1 saturated carbocycles. The van der Waals surface area contributed by atoms with Gasteiger partial charge in [0, 0.05) is 18.2 Å². The van der Waals surface area contributed by atoms with Crippen LogP contribution in [0.5, 0.6) is 0 Å². The zero-order valence-corrected chi connectivity index (χ0v) is 15.8. The number of allylic oxidation sites excluding steroid dienone is 1. The Bertz CT molecular complexity index is 884. The maximum Gasteiger partial charge on any atom is 0.191 e. The Morgan fingerprint density at radius 2 is 1.85 bits per heavy atom. The number of hydrogen-bond acceptors (Lipinski definition) is 3. The maximum atomic E-state index is 4.54. The van der Waals surface area contributed by atoms with Crippen molar-refractivity contribution in [3.8, 4) is 0 Å². The normalized spacial score (nSPS) is 18.7. The van der Waals surface area contributed by atoms with Crippen LogP contribution in [0.4, 0.5) is 0 Å². The smallest absolute Gasteiger partial charge is 0.191 e. The van der Waals surface area contributed by atoms with E-state index in [1.807, 2.05) is 6.08 Å². The molecule has 2 aromatic carbocycles. The standard InChI is InChI=1S/C22H23N3S/c1-3-13-25-21(20-14-19(20)18-7-5-4-6-8-18)23-24-22(25)26-15-17-11-9-16(2)10-12-17/h3-12,19-20H,1,13-15H2,2H3. The zero-order chi connectivity index (χ0) is 17.9. The number of hydrogen-bond donors (Lipinski definition) is 0. The third-order valence-electron chi connectivity index (χ3n) is 4.90. The lowest BCUT2D eigenvalue weighted by molar-refractivity contribution is 0.677. The van der Waals surface area contributed by atoms with Crippen LogP contribution in [0.15, 0.2) is 72.4 Å². The lowest BCUT2D eigenvalue weighted by Gasteiger charge is -2.08. The van der Waals surface area contributed by atoms with Gasteiger partial charge in [-0.25, -0.2) is 0 Å². The molecule has 3 nitrogen and oxygen atoms in total. The van der Waals surface area contributed by atoms with Crippen LogP contribution in [0.1, 0.15) is 40.8 Å². The summed E-state index contributed by atoms with van der Waals surface area (Å²) in [5, 5.41) is 10.0. The van der Waals surface area contributed by atoms with E-state index in [1.165, 1.54) is 16.7 Å². The molecule has 1 aliphatic carbocycles. The van der Waals surface area contributed by atoms with Gasteiger partial charge < -0.3 is 4.57 Å². The molecule has 2 atom stereocenters. The third-order valence-corrected chi connectivity index (χ3v) is 5.93. The largest absolute Gasteiger partial charge is 0.302 e. The number of aryl methyl sites for hydroxylation is 1. The Morgan fingerprint density at radius 1 is 1.08 bits per heavy atom. The van der Waals surface area contributed by atoms with Crippen molar-refractivity contribution in [2.45, 2.75) is 42.6 Å². The minimum atomic E-state index is 0.471. The van der Waals surface area contributed by atoms with E-state index in [2.05, 4.69) is 82.9 Å². The lowest BCUT2D eigenvalue weighted by atomic mass is 10.1. The first-order chi connectivity index (χ1) is 12.8. The summed E-state index contributed by atoms with van der Waals surface area (Å²) in [6.45, 7) is 6.79. The summed E-state index contributed by atoms with van der Waals surface area (Å²) in [4.78, 5) is 0. The van der Waals surface area contributed by atoms with E-state index < -0.39 is 0 Å². The summed E-state index contributed by atoms with van der Waals surface area (Å²) >= 11 is 1.75. The quantitative estimate of drug-likeness (QED) is 0.420. The molecule has 0 radical (unpaired) electrons. The number of nitrogens with zero attached hydrogens (tertiary/aromatic N) is 3. The van der Waals surface area contributed by atoms with Crippen molar-refractivity contribution >= 4 is 11.8 Å². The molecule has 26 heavy (non-hydrogen) atoms. The molecule has 0 bridgehead atoms. The molecule has 0 saturated heterocycles. The van der Waals surface area contributed by atoms with Crippen molar-refractivity contribution < 1.29 is 0 Å². The molecule has 1 aliphatic rings. The van der Waals surface area contributed by atoms with Gasteiger partial charge in [0.05, 0.1) is 0 Å². The van der Waals surface area contributed by atoms with Gasteiger partial charge in [0.15, 0.2) is 5.16 Å². The average Bonchev–Trinajstić information content (AvgIpc) is 3.37. The van der Waals surface area contributed by atoms with Crippen LogP contribution in [-0.4, -0.2) is 14.8 Å². The van der Waals surface area contributed by atoms with Crippen LogP contribution in [0.25, 0.3) is 0 Å². The van der Waals surface area contributed by atoms with Crippen molar-refractivity contribution in [1.82, 2.24) is 14.8 Å². The van der Waals surface area contributed by atoms with Crippen molar-refractivity contribution in [1.29, 1.82) is 0 Å². The van der Waals surface area contributed by atoms with Crippen LogP contribution in [-0.2, 0) is 12.3 Å². The van der Waals surface area contributed by atoms with Crippen LogP contribution >= 0.6 is 11.8 Å². The Balaban J connectivity index is 1.50. The van der Waals surface area contributed by atoms with Gasteiger partial charge in [0.25, 0.3) is 0 Å². The molecule has 2 unspecified atom stereocenters. The van der Waals surface area contributed by atoms with E-state index in [-0.39, 0.29) is 0 Å². The van der Waals surface area contributed by atoms with Gasteiger partial charge in [-0.3, -0.25) is 0 Å². The van der Waals surface area contributed by atoms with E-state index in [9.17, 15) is 0 Å². The van der Waals surface area contributed by atoms with E-state index in [0.29, 0.717) is 11.8 Å². The highest BCUT2D eigenvalue weighted by atomic mass is 32.2. The van der Waals surface area contributed by atoms with Crippen LogP contribution < -0.4 is 0 Å². The summed E-state index contributed by atoms with van der Waals surface area (Å²) in [5.74, 6) is 3.05. The summed E-state index contributed by atoms with van der Waals surface area (Å²) in [6, 6.07) is 19.4. The SMILES string of the molecule is C=CCn1c(SCc2ccc(C)cc2)nnc1C1CC1c1ccccc1. The highest BCUT2D eigenvalue weighted by Gasteiger charge is 2.43. The van der Waals surface area contributed by atoms with Gasteiger partial charge in [-0.1, -0.05) is 78.0 Å². The van der Waals surface area contributed by atoms with E-state index in [0.717, 1.165) is 29.7 Å². The highest BCUT2D eigenvalue weighted by Crippen LogP contribution is 2.54. The summed E-state index contributed by atoms with van der Waals surface area (Å²) in [5.41, 5.74) is 4.00. The van der Waals surface area contributed by atoms with Gasteiger partial charge in [0.1, 0.15) is 5.82 Å². The molecule has 0 spiro atoms. The maximum absolute atomic E-state index is 4.54. The van der Waals surface area contributed by atoms with Crippen LogP contribution in [0.2, 0.25) is 0 Å². The highest BCUT2D eigenvalue weighted by molar-refractivity contribution is 7.98. The predicted molar refractivity (Wildman–Crippen MR) is 108 cm³/mol. The van der Waals surface area contributed by atoms with E-state index >= 15 is 0 Å². The topological polar surface area (TPSA) is 30.7 Å². The second-order valence-corrected chi connectivity index (χ2v) is 7.82. The van der Waals surface area contributed by atoms with Gasteiger partial charge in [-0.15, -0.1) is 16.8 Å². The second kappa shape index (κ2) is 7.50. The monoisotopic (exact) mass is 361 g/mol. The molecule has 1 heterocycles. The minimum Gasteiger partial charge on any atom is -0.302 e. The van der Waals surface area contributed by atoms with E-state index in [4.69, 9.17) is 0 Å². The summed E-state index contributed by atoms with van der Waals surface area (Å²) < 4.78 is 2.24. The van der Waals surface area contributed by atoms with Crippen molar-refractivity contribution in [3.05, 3.63) is 89.8 Å². The Labute approximate surface area is 159 Å². The van der Waals surface area contributed by atoms with Gasteiger partial charge in [-0.2, -0.15) is 0 Å². The first-order valence-corrected chi connectivity index (χ1v) is 10.0. The van der Waals surface area contributed by atoms with Gasteiger partial charge in [-0.05, 0) is 30.4 Å². The second-order valence-electron chi connectivity index (χ2n) is 6.87. The van der Waals surface area contributed by atoms with Crippen LogP contribution in [0.3, 0.4) is 0 Å². The fourth-order valence-electron chi connectivity index (χ4n) is 3.36. The Kier molecular flexibility index (Phi) is 4.93. The Morgan fingerprint density at radius 3 is 2.58 bits per heavy atom. The zero-order valence-electron chi connectivity index (χ0n) is 15.0.